The monoisotopic (exact) mass is 250 g/mol. The number of hydrogen-bond acceptors (Lipinski definition) is 2. The molecule has 0 aromatic heterocycles. The number of rotatable bonds is 2. The van der Waals surface area contributed by atoms with Crippen LogP contribution in [0.1, 0.15) is 31.9 Å². The zero-order chi connectivity index (χ0) is 12.6. The third-order valence-electron chi connectivity index (χ3n) is 2.61. The van der Waals surface area contributed by atoms with Crippen molar-refractivity contribution in [2.24, 2.45) is 0 Å². The van der Waals surface area contributed by atoms with Gasteiger partial charge >= 0.3 is 0 Å². The summed E-state index contributed by atoms with van der Waals surface area (Å²) in [6.07, 6.45) is 0. The molecule has 0 saturated carbocycles. The molecule has 0 saturated heterocycles. The summed E-state index contributed by atoms with van der Waals surface area (Å²) in [6.45, 7) is 11.0. The zero-order valence-corrected chi connectivity index (χ0v) is 11.3. The van der Waals surface area contributed by atoms with Gasteiger partial charge in [0.15, 0.2) is 11.0 Å². The summed E-state index contributed by atoms with van der Waals surface area (Å²) in [7, 11) is -1.14. The number of benzene rings is 1. The molecule has 0 bridgehead atoms. The lowest BCUT2D eigenvalue weighted by Gasteiger charge is -2.20. The predicted octanol–water partition coefficient (Wildman–Crippen LogP) is 2.17. The van der Waals surface area contributed by atoms with Gasteiger partial charge in [-0.3, -0.25) is 0 Å². The Balaban J connectivity index is 2.20. The van der Waals surface area contributed by atoms with Crippen LogP contribution in [0.15, 0.2) is 29.7 Å². The van der Waals surface area contributed by atoms with Gasteiger partial charge in [-0.05, 0) is 32.4 Å². The minimum Gasteiger partial charge on any atom is -0.308 e. The van der Waals surface area contributed by atoms with Gasteiger partial charge < -0.3 is 10.0 Å². The van der Waals surface area contributed by atoms with Crippen LogP contribution in [-0.4, -0.2) is 9.75 Å². The molecule has 1 aliphatic heterocycles. The Labute approximate surface area is 105 Å². The quantitative estimate of drug-likeness (QED) is 0.844. The van der Waals surface area contributed by atoms with Crippen LogP contribution in [-0.2, 0) is 17.5 Å². The van der Waals surface area contributed by atoms with Gasteiger partial charge in [0.1, 0.15) is 0 Å². The molecular formula is C13H18N2OS. The minimum atomic E-state index is -1.14. The van der Waals surface area contributed by atoms with Crippen molar-refractivity contribution in [1.82, 2.24) is 10.0 Å². The van der Waals surface area contributed by atoms with Gasteiger partial charge in [-0.1, -0.05) is 18.7 Å². The number of fused-ring (bicyclic) bond motifs is 1. The van der Waals surface area contributed by atoms with Crippen molar-refractivity contribution < 1.29 is 4.21 Å². The number of nitrogens with one attached hydrogen (secondary N) is 2. The van der Waals surface area contributed by atoms with E-state index < -0.39 is 11.0 Å². The van der Waals surface area contributed by atoms with Crippen molar-refractivity contribution in [2.45, 2.75) is 37.8 Å². The summed E-state index contributed by atoms with van der Waals surface area (Å²) >= 11 is 0. The minimum absolute atomic E-state index is 0.0833. The first-order valence-electron chi connectivity index (χ1n) is 5.62. The topological polar surface area (TPSA) is 41.1 Å². The molecule has 0 amide bonds. The van der Waals surface area contributed by atoms with E-state index in [2.05, 4.69) is 37.4 Å². The zero-order valence-electron chi connectivity index (χ0n) is 10.5. The molecule has 1 aliphatic rings. The van der Waals surface area contributed by atoms with Crippen LogP contribution in [0.3, 0.4) is 0 Å². The summed E-state index contributed by atoms with van der Waals surface area (Å²) in [5.41, 5.74) is 2.93. The molecule has 17 heavy (non-hydrogen) atoms. The van der Waals surface area contributed by atoms with E-state index in [9.17, 15) is 4.21 Å². The second kappa shape index (κ2) is 4.27. The van der Waals surface area contributed by atoms with E-state index in [1.165, 1.54) is 0 Å². The average molecular weight is 250 g/mol. The fourth-order valence-electron chi connectivity index (χ4n) is 1.67. The molecule has 1 unspecified atom stereocenters. The fourth-order valence-corrected chi connectivity index (χ4v) is 2.76. The SMILES string of the molecule is C=C1NS(=O)c2cc(CNC(C)(C)C)ccc21. The van der Waals surface area contributed by atoms with Crippen molar-refractivity contribution in [1.29, 1.82) is 0 Å². The van der Waals surface area contributed by atoms with Crippen molar-refractivity contribution in [3.8, 4) is 0 Å². The second-order valence-corrected chi connectivity index (χ2v) is 6.46. The molecule has 0 aliphatic carbocycles. The maximum absolute atomic E-state index is 11.7. The van der Waals surface area contributed by atoms with Gasteiger partial charge in [-0.25, -0.2) is 4.21 Å². The van der Waals surface area contributed by atoms with Crippen LogP contribution in [0.5, 0.6) is 0 Å². The fraction of sp³-hybridized carbons (Fsp3) is 0.385. The normalized spacial score (nSPS) is 19.0. The largest absolute Gasteiger partial charge is 0.308 e. The molecule has 1 heterocycles. The predicted molar refractivity (Wildman–Crippen MR) is 71.6 cm³/mol. The summed E-state index contributed by atoms with van der Waals surface area (Å²) in [5, 5.41) is 3.41. The highest BCUT2D eigenvalue weighted by atomic mass is 32.2. The van der Waals surface area contributed by atoms with Crippen LogP contribution in [0, 0.1) is 0 Å². The van der Waals surface area contributed by atoms with E-state index in [0.717, 1.165) is 28.3 Å². The van der Waals surface area contributed by atoms with Crippen molar-refractivity contribution in [3.63, 3.8) is 0 Å². The van der Waals surface area contributed by atoms with Crippen LogP contribution >= 0.6 is 0 Å². The van der Waals surface area contributed by atoms with Gasteiger partial charge in [-0.15, -0.1) is 0 Å². The Morgan fingerprint density at radius 2 is 2.12 bits per heavy atom. The molecule has 2 rings (SSSR count). The third-order valence-corrected chi connectivity index (χ3v) is 3.78. The summed E-state index contributed by atoms with van der Waals surface area (Å²) in [4.78, 5) is 0.836. The van der Waals surface area contributed by atoms with Crippen LogP contribution in [0.25, 0.3) is 5.70 Å². The summed E-state index contributed by atoms with van der Waals surface area (Å²) in [6, 6.07) is 6.01. The molecule has 1 atom stereocenters. The first kappa shape index (κ1) is 12.3. The van der Waals surface area contributed by atoms with E-state index >= 15 is 0 Å². The van der Waals surface area contributed by atoms with Gasteiger partial charge in [-0.2, -0.15) is 0 Å². The first-order valence-corrected chi connectivity index (χ1v) is 6.77. The Kier molecular flexibility index (Phi) is 3.10. The molecule has 0 fully saturated rings. The van der Waals surface area contributed by atoms with E-state index in [1.807, 2.05) is 18.2 Å². The van der Waals surface area contributed by atoms with Crippen molar-refractivity contribution >= 4 is 16.7 Å². The molecule has 1 aromatic rings. The molecule has 4 heteroatoms. The Bertz CT molecular complexity index is 489. The third kappa shape index (κ3) is 2.76. The van der Waals surface area contributed by atoms with E-state index in [1.54, 1.807) is 0 Å². The average Bonchev–Trinajstić information content (AvgIpc) is 2.51. The van der Waals surface area contributed by atoms with Gasteiger partial charge in [0.25, 0.3) is 0 Å². The molecule has 2 N–H and O–H groups in total. The first-order chi connectivity index (χ1) is 7.87. The molecule has 0 spiro atoms. The maximum Gasteiger partial charge on any atom is 0.150 e. The van der Waals surface area contributed by atoms with E-state index in [-0.39, 0.29) is 5.54 Å². The van der Waals surface area contributed by atoms with Crippen molar-refractivity contribution in [3.05, 3.63) is 35.9 Å². The Morgan fingerprint density at radius 1 is 1.41 bits per heavy atom. The van der Waals surface area contributed by atoms with Gasteiger partial charge in [0.05, 0.1) is 4.90 Å². The molecular weight excluding hydrogens is 232 g/mol. The van der Waals surface area contributed by atoms with Crippen LogP contribution in [0.2, 0.25) is 0 Å². The second-order valence-electron chi connectivity index (χ2n) is 5.28. The van der Waals surface area contributed by atoms with Gasteiger partial charge in [0, 0.05) is 23.3 Å². The lowest BCUT2D eigenvalue weighted by molar-refractivity contribution is 0.424. The highest BCUT2D eigenvalue weighted by molar-refractivity contribution is 7.84. The lowest BCUT2D eigenvalue weighted by atomic mass is 10.1. The summed E-state index contributed by atoms with van der Waals surface area (Å²) < 4.78 is 14.6. The smallest absolute Gasteiger partial charge is 0.150 e. The highest BCUT2D eigenvalue weighted by Gasteiger charge is 2.21. The summed E-state index contributed by atoms with van der Waals surface area (Å²) in [5.74, 6) is 0. The van der Waals surface area contributed by atoms with Crippen molar-refractivity contribution in [2.75, 3.05) is 0 Å². The van der Waals surface area contributed by atoms with Gasteiger partial charge in [0.2, 0.25) is 0 Å². The molecule has 1 aromatic carbocycles. The lowest BCUT2D eigenvalue weighted by Crippen LogP contribution is -2.35. The standard InChI is InChI=1S/C13H18N2OS/c1-9-11-6-5-10(8-14-13(2,3)4)7-12(11)17(16)15-9/h5-7,14-15H,1,8H2,2-4H3. The molecule has 0 radical (unpaired) electrons. The van der Waals surface area contributed by atoms with Crippen LogP contribution < -0.4 is 10.0 Å². The molecule has 3 nitrogen and oxygen atoms in total. The highest BCUT2D eigenvalue weighted by Crippen LogP contribution is 2.27. The Morgan fingerprint density at radius 3 is 2.76 bits per heavy atom. The van der Waals surface area contributed by atoms with Crippen LogP contribution in [0.4, 0.5) is 0 Å². The molecule has 92 valence electrons. The number of hydrogen-bond donors (Lipinski definition) is 2. The Hall–Kier alpha value is -1.13. The van der Waals surface area contributed by atoms with E-state index in [0.29, 0.717) is 0 Å². The maximum atomic E-state index is 11.7. The van der Waals surface area contributed by atoms with E-state index in [4.69, 9.17) is 0 Å².